The predicted octanol–water partition coefficient (Wildman–Crippen LogP) is 4.25. The number of nitrogens with one attached hydrogen (secondary N) is 1. The summed E-state index contributed by atoms with van der Waals surface area (Å²) in [6, 6.07) is 13.8. The van der Waals surface area contributed by atoms with Crippen LogP contribution in [0, 0.1) is 5.92 Å². The Morgan fingerprint density at radius 3 is 2.36 bits per heavy atom. The summed E-state index contributed by atoms with van der Waals surface area (Å²) in [5, 5.41) is 2.87. The lowest BCUT2D eigenvalue weighted by molar-refractivity contribution is -0.122. The Morgan fingerprint density at radius 1 is 1.11 bits per heavy atom. The predicted molar refractivity (Wildman–Crippen MR) is 109 cm³/mol. The second kappa shape index (κ2) is 8.75. The first-order valence-electron chi connectivity index (χ1n) is 9.63. The van der Waals surface area contributed by atoms with Gasteiger partial charge in [-0.2, -0.15) is 4.31 Å². The van der Waals surface area contributed by atoms with E-state index in [4.69, 9.17) is 4.74 Å². The SMILES string of the molecule is CCN(CC)S(=O)(=O)c1ccc(Oc2ccccc2)c(NC(=O)C2CCC2)c1. The minimum atomic E-state index is -3.63. The number of benzene rings is 2. The summed E-state index contributed by atoms with van der Waals surface area (Å²) in [4.78, 5) is 12.6. The second-order valence-corrected chi connectivity index (χ2v) is 8.72. The smallest absolute Gasteiger partial charge is 0.243 e. The van der Waals surface area contributed by atoms with Crippen LogP contribution in [-0.2, 0) is 14.8 Å². The maximum absolute atomic E-state index is 12.9. The summed E-state index contributed by atoms with van der Waals surface area (Å²) in [6.45, 7) is 4.36. The highest BCUT2D eigenvalue weighted by atomic mass is 32.2. The van der Waals surface area contributed by atoms with E-state index in [1.165, 1.54) is 16.4 Å². The first kappa shape index (κ1) is 20.4. The summed E-state index contributed by atoms with van der Waals surface area (Å²) < 4.78 is 33.0. The van der Waals surface area contributed by atoms with Gasteiger partial charge in [0, 0.05) is 19.0 Å². The zero-order chi connectivity index (χ0) is 20.1. The minimum absolute atomic E-state index is 0.0207. The van der Waals surface area contributed by atoms with Crippen molar-refractivity contribution in [2.45, 2.75) is 38.0 Å². The summed E-state index contributed by atoms with van der Waals surface area (Å²) in [6.07, 6.45) is 2.76. The Balaban J connectivity index is 1.96. The molecule has 1 saturated carbocycles. The molecule has 7 heteroatoms. The van der Waals surface area contributed by atoms with Crippen LogP contribution in [0.15, 0.2) is 53.4 Å². The normalized spacial score (nSPS) is 14.5. The van der Waals surface area contributed by atoms with Crippen molar-refractivity contribution in [3.05, 3.63) is 48.5 Å². The summed E-state index contributed by atoms with van der Waals surface area (Å²) >= 11 is 0. The van der Waals surface area contributed by atoms with E-state index in [2.05, 4.69) is 5.32 Å². The molecule has 1 N–H and O–H groups in total. The lowest BCUT2D eigenvalue weighted by Crippen LogP contribution is -2.31. The molecule has 0 aliphatic heterocycles. The molecule has 0 aromatic heterocycles. The molecule has 0 spiro atoms. The number of rotatable bonds is 8. The van der Waals surface area contributed by atoms with Gasteiger partial charge in [0.1, 0.15) is 5.75 Å². The third-order valence-corrected chi connectivity index (χ3v) is 7.04. The van der Waals surface area contributed by atoms with Crippen molar-refractivity contribution >= 4 is 21.6 Å². The van der Waals surface area contributed by atoms with Crippen molar-refractivity contribution < 1.29 is 17.9 Å². The van der Waals surface area contributed by atoms with E-state index in [9.17, 15) is 13.2 Å². The zero-order valence-electron chi connectivity index (χ0n) is 16.2. The van der Waals surface area contributed by atoms with Gasteiger partial charge in [-0.25, -0.2) is 8.42 Å². The van der Waals surface area contributed by atoms with Crippen LogP contribution >= 0.6 is 0 Å². The Labute approximate surface area is 166 Å². The van der Waals surface area contributed by atoms with Crippen LogP contribution in [0.25, 0.3) is 0 Å². The fraction of sp³-hybridized carbons (Fsp3) is 0.381. The van der Waals surface area contributed by atoms with Gasteiger partial charge in [-0.05, 0) is 43.2 Å². The average Bonchev–Trinajstić information content (AvgIpc) is 2.63. The summed E-state index contributed by atoms with van der Waals surface area (Å²) in [5.74, 6) is 0.910. The molecular weight excluding hydrogens is 376 g/mol. The molecule has 0 atom stereocenters. The lowest BCUT2D eigenvalue weighted by atomic mass is 9.85. The van der Waals surface area contributed by atoms with E-state index >= 15 is 0 Å². The first-order valence-corrected chi connectivity index (χ1v) is 11.1. The third kappa shape index (κ3) is 4.36. The van der Waals surface area contributed by atoms with E-state index in [-0.39, 0.29) is 16.7 Å². The van der Waals surface area contributed by atoms with Crippen molar-refractivity contribution in [3.8, 4) is 11.5 Å². The van der Waals surface area contributed by atoms with Gasteiger partial charge in [0.25, 0.3) is 0 Å². The molecule has 150 valence electrons. The maximum Gasteiger partial charge on any atom is 0.243 e. The largest absolute Gasteiger partial charge is 0.455 e. The minimum Gasteiger partial charge on any atom is -0.455 e. The number of sulfonamides is 1. The van der Waals surface area contributed by atoms with Crippen molar-refractivity contribution in [1.29, 1.82) is 0 Å². The van der Waals surface area contributed by atoms with Gasteiger partial charge in [-0.15, -0.1) is 0 Å². The molecule has 28 heavy (non-hydrogen) atoms. The summed E-state index contributed by atoms with van der Waals surface area (Å²) in [7, 11) is -3.63. The number of ether oxygens (including phenoxy) is 1. The van der Waals surface area contributed by atoms with E-state index in [1.807, 2.05) is 18.2 Å². The van der Waals surface area contributed by atoms with Crippen LogP contribution in [-0.4, -0.2) is 31.7 Å². The highest BCUT2D eigenvalue weighted by Crippen LogP contribution is 2.34. The van der Waals surface area contributed by atoms with Gasteiger partial charge < -0.3 is 10.1 Å². The van der Waals surface area contributed by atoms with Crippen LogP contribution in [0.4, 0.5) is 5.69 Å². The van der Waals surface area contributed by atoms with Crippen LogP contribution in [0.2, 0.25) is 0 Å². The molecule has 6 nitrogen and oxygen atoms in total. The number of para-hydroxylation sites is 1. The monoisotopic (exact) mass is 402 g/mol. The van der Waals surface area contributed by atoms with Crippen molar-refractivity contribution in [2.75, 3.05) is 18.4 Å². The molecule has 0 heterocycles. The standard InChI is InChI=1S/C21H26N2O4S/c1-3-23(4-2)28(25,26)18-13-14-20(27-17-11-6-5-7-12-17)19(15-18)22-21(24)16-9-8-10-16/h5-7,11-16H,3-4,8-10H2,1-2H3,(H,22,24). The van der Waals surface area contributed by atoms with Crippen molar-refractivity contribution in [2.24, 2.45) is 5.92 Å². The fourth-order valence-electron chi connectivity index (χ4n) is 3.09. The summed E-state index contributed by atoms with van der Waals surface area (Å²) in [5.41, 5.74) is 0.369. The Morgan fingerprint density at radius 2 is 1.79 bits per heavy atom. The van der Waals surface area contributed by atoms with Crippen LogP contribution < -0.4 is 10.1 Å². The first-order chi connectivity index (χ1) is 13.5. The van der Waals surface area contributed by atoms with Crippen LogP contribution in [0.3, 0.4) is 0 Å². The molecule has 1 aliphatic rings. The van der Waals surface area contributed by atoms with Gasteiger partial charge in [-0.1, -0.05) is 38.5 Å². The van der Waals surface area contributed by atoms with E-state index in [0.29, 0.717) is 30.3 Å². The van der Waals surface area contributed by atoms with E-state index < -0.39 is 10.0 Å². The van der Waals surface area contributed by atoms with Gasteiger partial charge in [0.2, 0.25) is 15.9 Å². The number of carbonyl (C=O) groups excluding carboxylic acids is 1. The number of carbonyl (C=O) groups is 1. The van der Waals surface area contributed by atoms with Gasteiger partial charge >= 0.3 is 0 Å². The quantitative estimate of drug-likeness (QED) is 0.716. The van der Waals surface area contributed by atoms with Crippen LogP contribution in [0.5, 0.6) is 11.5 Å². The van der Waals surface area contributed by atoms with E-state index in [0.717, 1.165) is 19.3 Å². The molecule has 2 aromatic carbocycles. The Bertz CT molecular complexity index is 921. The highest BCUT2D eigenvalue weighted by Gasteiger charge is 2.27. The number of amides is 1. The Hall–Kier alpha value is -2.38. The van der Waals surface area contributed by atoms with Crippen molar-refractivity contribution in [1.82, 2.24) is 4.31 Å². The van der Waals surface area contributed by atoms with Crippen molar-refractivity contribution in [3.63, 3.8) is 0 Å². The van der Waals surface area contributed by atoms with E-state index in [1.54, 1.807) is 32.0 Å². The number of anilines is 1. The molecule has 1 aliphatic carbocycles. The molecule has 0 bridgehead atoms. The fourth-order valence-corrected chi connectivity index (χ4v) is 4.57. The molecule has 0 radical (unpaired) electrons. The molecule has 0 unspecified atom stereocenters. The van der Waals surface area contributed by atoms with Gasteiger partial charge in [-0.3, -0.25) is 4.79 Å². The molecule has 1 fully saturated rings. The molecule has 1 amide bonds. The zero-order valence-corrected chi connectivity index (χ0v) is 17.0. The number of nitrogens with zero attached hydrogens (tertiary/aromatic N) is 1. The number of hydrogen-bond donors (Lipinski definition) is 1. The average molecular weight is 403 g/mol. The van der Waals surface area contributed by atoms with Gasteiger partial charge in [0.15, 0.2) is 5.75 Å². The van der Waals surface area contributed by atoms with Crippen LogP contribution in [0.1, 0.15) is 33.1 Å². The van der Waals surface area contributed by atoms with Gasteiger partial charge in [0.05, 0.1) is 10.6 Å². The molecule has 3 rings (SSSR count). The molecular formula is C21H26N2O4S. The second-order valence-electron chi connectivity index (χ2n) is 6.78. The lowest BCUT2D eigenvalue weighted by Gasteiger charge is -2.25. The Kier molecular flexibility index (Phi) is 6.36. The molecule has 0 saturated heterocycles. The number of hydrogen-bond acceptors (Lipinski definition) is 4. The molecule has 2 aromatic rings. The maximum atomic E-state index is 12.9. The third-order valence-electron chi connectivity index (χ3n) is 5.00. The topological polar surface area (TPSA) is 75.7 Å². The highest BCUT2D eigenvalue weighted by molar-refractivity contribution is 7.89.